The molecule has 2 heterocycles. The Morgan fingerprint density at radius 3 is 2.66 bits per heavy atom. The number of nitrogens with zero attached hydrogens (tertiary/aromatic N) is 2. The second-order valence-electron chi connectivity index (χ2n) is 8.15. The summed E-state index contributed by atoms with van der Waals surface area (Å²) in [5, 5.41) is 9.47. The van der Waals surface area contributed by atoms with Crippen molar-refractivity contribution in [2.24, 2.45) is 0 Å². The molecule has 1 aliphatic rings. The van der Waals surface area contributed by atoms with Crippen molar-refractivity contribution in [3.05, 3.63) is 52.5 Å². The molecule has 1 aliphatic heterocycles. The molecule has 4 rings (SSSR count). The molecule has 0 saturated carbocycles. The minimum atomic E-state index is -0.356. The number of hydrogen-bond acceptors (Lipinski definition) is 6. The molecule has 11 heteroatoms. The Kier molecular flexibility index (Phi) is 7.72. The van der Waals surface area contributed by atoms with Crippen LogP contribution in [-0.2, 0) is 4.74 Å². The highest BCUT2D eigenvalue weighted by Gasteiger charge is 2.24. The molecular formula is C24H26ClN5O4S. The van der Waals surface area contributed by atoms with E-state index in [1.165, 1.54) is 11.3 Å². The normalized spacial score (nSPS) is 14.0. The lowest BCUT2D eigenvalue weighted by molar-refractivity contribution is 0.0958. The van der Waals surface area contributed by atoms with Gasteiger partial charge in [0.2, 0.25) is 0 Å². The fourth-order valence-corrected chi connectivity index (χ4v) is 5.00. The Labute approximate surface area is 211 Å². The van der Waals surface area contributed by atoms with Gasteiger partial charge in [-0.25, -0.2) is 14.6 Å². The van der Waals surface area contributed by atoms with Gasteiger partial charge in [-0.05, 0) is 56.5 Å². The molecule has 0 atom stereocenters. The third-order valence-corrected chi connectivity index (χ3v) is 6.94. The number of likely N-dealkylation sites (tertiary alicyclic amines) is 1. The molecule has 3 N–H and O–H groups in total. The van der Waals surface area contributed by atoms with Crippen LogP contribution in [0.4, 0.5) is 20.4 Å². The Bertz CT molecular complexity index is 1240. The third-order valence-electron chi connectivity index (χ3n) is 5.69. The second kappa shape index (κ2) is 10.9. The highest BCUT2D eigenvalue weighted by molar-refractivity contribution is 7.22. The number of rotatable bonds is 5. The lowest BCUT2D eigenvalue weighted by atomic mass is 10.1. The van der Waals surface area contributed by atoms with E-state index in [4.69, 9.17) is 16.3 Å². The second-order valence-corrected chi connectivity index (χ2v) is 9.58. The van der Waals surface area contributed by atoms with Gasteiger partial charge < -0.3 is 20.3 Å². The standard InChI is InChI=1S/C24H26ClN5O4S/c1-3-34-24(33)30-11-9-16(10-12-30)26-22(32)29-23-27-18-8-7-15(13-19(18)35-23)21(31)28-20-14(2)5-4-6-17(20)25/h4-8,13,16H,3,9-12H2,1-2H3,(H,28,31)(H2,26,27,29,32). The molecule has 0 spiro atoms. The molecule has 0 radical (unpaired) electrons. The van der Waals surface area contributed by atoms with Crippen molar-refractivity contribution < 1.29 is 19.1 Å². The minimum Gasteiger partial charge on any atom is -0.450 e. The summed E-state index contributed by atoms with van der Waals surface area (Å²) in [6, 6.07) is 10.2. The first-order valence-corrected chi connectivity index (χ1v) is 12.5. The van der Waals surface area contributed by atoms with Crippen LogP contribution in [0.25, 0.3) is 10.2 Å². The van der Waals surface area contributed by atoms with Crippen molar-refractivity contribution in [2.45, 2.75) is 32.7 Å². The van der Waals surface area contributed by atoms with Crippen molar-refractivity contribution in [2.75, 3.05) is 30.3 Å². The van der Waals surface area contributed by atoms with Gasteiger partial charge in [0.15, 0.2) is 5.13 Å². The first-order valence-electron chi connectivity index (χ1n) is 11.3. The Morgan fingerprint density at radius 1 is 1.17 bits per heavy atom. The number of urea groups is 1. The first-order chi connectivity index (χ1) is 16.8. The summed E-state index contributed by atoms with van der Waals surface area (Å²) < 4.78 is 5.79. The zero-order valence-electron chi connectivity index (χ0n) is 19.4. The summed E-state index contributed by atoms with van der Waals surface area (Å²) in [4.78, 5) is 43.1. The van der Waals surface area contributed by atoms with Crippen molar-refractivity contribution >= 4 is 62.0 Å². The van der Waals surface area contributed by atoms with E-state index in [9.17, 15) is 14.4 Å². The van der Waals surface area contributed by atoms with E-state index in [-0.39, 0.29) is 24.1 Å². The molecule has 3 aromatic rings. The Balaban J connectivity index is 1.35. The van der Waals surface area contributed by atoms with E-state index < -0.39 is 0 Å². The van der Waals surface area contributed by atoms with Crippen LogP contribution in [-0.4, -0.2) is 53.7 Å². The topological polar surface area (TPSA) is 113 Å². The van der Waals surface area contributed by atoms with Crippen LogP contribution in [0.15, 0.2) is 36.4 Å². The van der Waals surface area contributed by atoms with Gasteiger partial charge in [0.25, 0.3) is 5.91 Å². The third kappa shape index (κ3) is 6.01. The number of para-hydroxylation sites is 1. The summed E-state index contributed by atoms with van der Waals surface area (Å²) in [6.45, 7) is 5.05. The van der Waals surface area contributed by atoms with Crippen LogP contribution in [0.2, 0.25) is 5.02 Å². The molecule has 2 aromatic carbocycles. The van der Waals surface area contributed by atoms with Crippen molar-refractivity contribution in [1.82, 2.24) is 15.2 Å². The summed E-state index contributed by atoms with van der Waals surface area (Å²) in [6.07, 6.45) is 0.977. The fraction of sp³-hybridized carbons (Fsp3) is 0.333. The van der Waals surface area contributed by atoms with E-state index in [1.807, 2.05) is 19.1 Å². The van der Waals surface area contributed by atoms with Gasteiger partial charge in [-0.15, -0.1) is 0 Å². The number of nitrogens with one attached hydrogen (secondary N) is 3. The van der Waals surface area contributed by atoms with Gasteiger partial charge in [0, 0.05) is 24.7 Å². The maximum absolute atomic E-state index is 12.8. The molecule has 35 heavy (non-hydrogen) atoms. The first kappa shape index (κ1) is 24.7. The number of halogens is 1. The molecule has 1 aromatic heterocycles. The number of carbonyl (C=O) groups is 3. The molecule has 0 bridgehead atoms. The quantitative estimate of drug-likeness (QED) is 0.429. The van der Waals surface area contributed by atoms with Crippen LogP contribution < -0.4 is 16.0 Å². The number of fused-ring (bicyclic) bond motifs is 1. The number of thiazole rings is 1. The van der Waals surface area contributed by atoms with E-state index in [0.717, 1.165) is 10.3 Å². The molecule has 0 aliphatic carbocycles. The smallest absolute Gasteiger partial charge is 0.409 e. The summed E-state index contributed by atoms with van der Waals surface area (Å²) in [5.74, 6) is -0.280. The number of carbonyl (C=O) groups excluding carboxylic acids is 3. The molecule has 0 unspecified atom stereocenters. The van der Waals surface area contributed by atoms with Crippen molar-refractivity contribution in [3.63, 3.8) is 0 Å². The van der Waals surface area contributed by atoms with Crippen LogP contribution in [0.1, 0.15) is 35.7 Å². The number of aryl methyl sites for hydroxylation is 1. The van der Waals surface area contributed by atoms with Crippen LogP contribution in [0, 0.1) is 6.92 Å². The van der Waals surface area contributed by atoms with Gasteiger partial charge in [0.1, 0.15) is 0 Å². The number of amides is 4. The maximum Gasteiger partial charge on any atom is 0.409 e. The van der Waals surface area contributed by atoms with Crippen molar-refractivity contribution in [1.29, 1.82) is 0 Å². The molecule has 4 amide bonds. The number of benzene rings is 2. The summed E-state index contributed by atoms with van der Waals surface area (Å²) in [7, 11) is 0. The lowest BCUT2D eigenvalue weighted by Gasteiger charge is -2.31. The number of piperidine rings is 1. The number of aromatic nitrogens is 1. The van der Waals surface area contributed by atoms with Crippen molar-refractivity contribution in [3.8, 4) is 0 Å². The van der Waals surface area contributed by atoms with Crippen LogP contribution >= 0.6 is 22.9 Å². The SMILES string of the molecule is CCOC(=O)N1CCC(NC(=O)Nc2nc3ccc(C(=O)Nc4c(C)cccc4Cl)cc3s2)CC1. The largest absolute Gasteiger partial charge is 0.450 e. The molecule has 184 valence electrons. The number of ether oxygens (including phenoxy) is 1. The molecule has 9 nitrogen and oxygen atoms in total. The predicted octanol–water partition coefficient (Wildman–Crippen LogP) is 5.25. The minimum absolute atomic E-state index is 0.0429. The summed E-state index contributed by atoms with van der Waals surface area (Å²) in [5.41, 5.74) is 2.59. The predicted molar refractivity (Wildman–Crippen MR) is 138 cm³/mol. The van der Waals surface area contributed by atoms with E-state index in [1.54, 1.807) is 36.1 Å². The zero-order chi connectivity index (χ0) is 24.9. The lowest BCUT2D eigenvalue weighted by Crippen LogP contribution is -2.47. The highest BCUT2D eigenvalue weighted by Crippen LogP contribution is 2.29. The van der Waals surface area contributed by atoms with Gasteiger partial charge >= 0.3 is 12.1 Å². The zero-order valence-corrected chi connectivity index (χ0v) is 21.0. The van der Waals surface area contributed by atoms with Crippen LogP contribution in [0.3, 0.4) is 0 Å². The number of hydrogen-bond donors (Lipinski definition) is 3. The summed E-state index contributed by atoms with van der Waals surface area (Å²) >= 11 is 7.50. The Hall–Kier alpha value is -3.37. The van der Waals surface area contributed by atoms with E-state index in [2.05, 4.69) is 20.9 Å². The van der Waals surface area contributed by atoms with Gasteiger partial charge in [0.05, 0.1) is 27.5 Å². The number of anilines is 2. The highest BCUT2D eigenvalue weighted by atomic mass is 35.5. The molecule has 1 fully saturated rings. The van der Waals surface area contributed by atoms with E-state index >= 15 is 0 Å². The van der Waals surface area contributed by atoms with Crippen LogP contribution in [0.5, 0.6) is 0 Å². The monoisotopic (exact) mass is 515 g/mol. The van der Waals surface area contributed by atoms with E-state index in [0.29, 0.717) is 59.5 Å². The average Bonchev–Trinajstić information content (AvgIpc) is 3.23. The molecular weight excluding hydrogens is 490 g/mol. The average molecular weight is 516 g/mol. The maximum atomic E-state index is 12.8. The Morgan fingerprint density at radius 2 is 1.94 bits per heavy atom. The van der Waals surface area contributed by atoms with Gasteiger partial charge in [-0.2, -0.15) is 0 Å². The van der Waals surface area contributed by atoms with Gasteiger partial charge in [-0.1, -0.05) is 35.1 Å². The van der Waals surface area contributed by atoms with Gasteiger partial charge in [-0.3, -0.25) is 10.1 Å². The fourth-order valence-electron chi connectivity index (χ4n) is 3.84. The molecule has 1 saturated heterocycles.